The molecule has 0 amide bonds. The maximum Gasteiger partial charge on any atom is 0.194 e. The summed E-state index contributed by atoms with van der Waals surface area (Å²) in [6, 6.07) is 8.55. The third kappa shape index (κ3) is 6.76. The second kappa shape index (κ2) is 11.2. The third-order valence-corrected chi connectivity index (χ3v) is 4.46. The van der Waals surface area contributed by atoms with Gasteiger partial charge in [0, 0.05) is 51.9 Å². The molecule has 8 heteroatoms. The first kappa shape index (κ1) is 21.6. The number of rotatable bonds is 6. The second-order valence-corrected chi connectivity index (χ2v) is 6.37. The van der Waals surface area contributed by atoms with Crippen molar-refractivity contribution < 1.29 is 8.91 Å². The number of aliphatic imine (C=N–C) groups is 1. The average molecular weight is 487 g/mol. The molecule has 1 aliphatic heterocycles. The zero-order valence-electron chi connectivity index (χ0n) is 15.6. The van der Waals surface area contributed by atoms with Crippen molar-refractivity contribution in [2.75, 3.05) is 39.3 Å². The highest BCUT2D eigenvalue weighted by Gasteiger charge is 2.20. The van der Waals surface area contributed by atoms with Crippen LogP contribution < -0.4 is 5.32 Å². The van der Waals surface area contributed by atoms with E-state index in [1.54, 1.807) is 6.26 Å². The molecule has 0 radical (unpaired) electrons. The zero-order chi connectivity index (χ0) is 18.2. The minimum Gasteiger partial charge on any atom is -0.364 e. The van der Waals surface area contributed by atoms with Crippen LogP contribution in [0, 0.1) is 5.82 Å². The highest BCUT2D eigenvalue weighted by molar-refractivity contribution is 14.0. The Balaban J connectivity index is 0.00000261. The van der Waals surface area contributed by atoms with Crippen molar-refractivity contribution in [3.8, 4) is 0 Å². The minimum absolute atomic E-state index is 0. The molecule has 0 bridgehead atoms. The zero-order valence-corrected chi connectivity index (χ0v) is 17.9. The van der Waals surface area contributed by atoms with Crippen LogP contribution in [0.4, 0.5) is 4.39 Å². The lowest BCUT2D eigenvalue weighted by Crippen LogP contribution is -2.52. The summed E-state index contributed by atoms with van der Waals surface area (Å²) in [4.78, 5) is 9.42. The maximum atomic E-state index is 13.0. The number of aromatic nitrogens is 1. The van der Waals surface area contributed by atoms with Crippen LogP contribution in [0.25, 0.3) is 0 Å². The topological polar surface area (TPSA) is 56.9 Å². The number of hydrogen-bond donors (Lipinski definition) is 1. The summed E-state index contributed by atoms with van der Waals surface area (Å²) in [7, 11) is 0. The quantitative estimate of drug-likeness (QED) is 0.386. The van der Waals surface area contributed by atoms with Gasteiger partial charge in [0.1, 0.15) is 12.1 Å². The first-order valence-corrected chi connectivity index (χ1v) is 9.14. The fourth-order valence-corrected chi connectivity index (χ4v) is 3.03. The molecule has 1 aromatic heterocycles. The Morgan fingerprint density at radius 1 is 1.19 bits per heavy atom. The predicted octanol–water partition coefficient (Wildman–Crippen LogP) is 2.76. The van der Waals surface area contributed by atoms with Crippen molar-refractivity contribution in [2.45, 2.75) is 19.9 Å². The van der Waals surface area contributed by atoms with E-state index in [4.69, 9.17) is 9.52 Å². The van der Waals surface area contributed by atoms with E-state index in [1.165, 1.54) is 12.1 Å². The lowest BCUT2D eigenvalue weighted by Gasteiger charge is -2.36. The van der Waals surface area contributed by atoms with Crippen LogP contribution in [0.15, 0.2) is 46.1 Å². The van der Waals surface area contributed by atoms with E-state index in [0.29, 0.717) is 6.54 Å². The normalized spacial score (nSPS) is 15.5. The molecule has 0 spiro atoms. The summed E-state index contributed by atoms with van der Waals surface area (Å²) in [6.45, 7) is 8.23. The molecule has 0 atom stereocenters. The van der Waals surface area contributed by atoms with Gasteiger partial charge >= 0.3 is 0 Å². The van der Waals surface area contributed by atoms with Crippen LogP contribution in [0.1, 0.15) is 18.2 Å². The van der Waals surface area contributed by atoms with E-state index in [9.17, 15) is 4.39 Å². The molecule has 1 aliphatic rings. The van der Waals surface area contributed by atoms with E-state index >= 15 is 0 Å². The van der Waals surface area contributed by atoms with Crippen LogP contribution in [0.3, 0.4) is 0 Å². The first-order valence-electron chi connectivity index (χ1n) is 9.14. The van der Waals surface area contributed by atoms with Gasteiger partial charge in [0.15, 0.2) is 5.96 Å². The third-order valence-electron chi connectivity index (χ3n) is 4.46. The number of guanidine groups is 1. The predicted molar refractivity (Wildman–Crippen MR) is 115 cm³/mol. The van der Waals surface area contributed by atoms with Crippen LogP contribution in [-0.2, 0) is 13.0 Å². The highest BCUT2D eigenvalue weighted by Crippen LogP contribution is 2.08. The molecule has 2 aromatic rings. The molecule has 0 unspecified atom stereocenters. The summed E-state index contributed by atoms with van der Waals surface area (Å²) < 4.78 is 17.9. The fraction of sp³-hybridized carbons (Fsp3) is 0.474. The smallest absolute Gasteiger partial charge is 0.194 e. The summed E-state index contributed by atoms with van der Waals surface area (Å²) in [5.41, 5.74) is 2.07. The van der Waals surface area contributed by atoms with Gasteiger partial charge in [0.05, 0.1) is 5.69 Å². The standard InChI is InChI=1S/C19H26FN5O.HI/c1-2-21-19(22-9-7-16-3-5-17(20)6-4-16)25-12-10-24(11-13-25)15-18-8-14-26-23-18;/h3-6,8,14H,2,7,9-13,15H2,1H3,(H,21,22);1H. The van der Waals surface area contributed by atoms with Gasteiger partial charge in [-0.05, 0) is 31.0 Å². The van der Waals surface area contributed by atoms with Gasteiger partial charge in [-0.15, -0.1) is 24.0 Å². The molecule has 148 valence electrons. The Kier molecular flexibility index (Phi) is 8.99. The van der Waals surface area contributed by atoms with E-state index in [0.717, 1.165) is 62.9 Å². The number of hydrogen-bond acceptors (Lipinski definition) is 4. The molecule has 1 saturated heterocycles. The van der Waals surface area contributed by atoms with Crippen LogP contribution >= 0.6 is 24.0 Å². The highest BCUT2D eigenvalue weighted by atomic mass is 127. The molecule has 6 nitrogen and oxygen atoms in total. The largest absolute Gasteiger partial charge is 0.364 e. The molecular weight excluding hydrogens is 460 g/mol. The Labute approximate surface area is 176 Å². The maximum absolute atomic E-state index is 13.0. The van der Waals surface area contributed by atoms with Crippen molar-refractivity contribution in [1.82, 2.24) is 20.3 Å². The minimum atomic E-state index is -0.200. The van der Waals surface area contributed by atoms with Crippen molar-refractivity contribution in [3.05, 3.63) is 53.7 Å². The van der Waals surface area contributed by atoms with Crippen molar-refractivity contribution >= 4 is 29.9 Å². The Bertz CT molecular complexity index is 685. The van der Waals surface area contributed by atoms with Crippen LogP contribution in [-0.4, -0.2) is 60.2 Å². The van der Waals surface area contributed by atoms with Gasteiger partial charge in [0.25, 0.3) is 0 Å². The number of piperazine rings is 1. The molecule has 1 fully saturated rings. The number of nitrogens with zero attached hydrogens (tertiary/aromatic N) is 4. The van der Waals surface area contributed by atoms with Gasteiger partial charge in [-0.1, -0.05) is 17.3 Å². The molecule has 0 aliphatic carbocycles. The molecule has 1 aromatic carbocycles. The Morgan fingerprint density at radius 2 is 1.93 bits per heavy atom. The van der Waals surface area contributed by atoms with E-state index in [1.807, 2.05) is 18.2 Å². The SMILES string of the molecule is CCNC(=NCCc1ccc(F)cc1)N1CCN(Cc2ccon2)CC1.I. The van der Waals surface area contributed by atoms with Gasteiger partial charge in [0.2, 0.25) is 0 Å². The lowest BCUT2D eigenvalue weighted by atomic mass is 10.1. The first-order chi connectivity index (χ1) is 12.7. The van der Waals surface area contributed by atoms with Gasteiger partial charge < -0.3 is 14.7 Å². The Morgan fingerprint density at radius 3 is 2.56 bits per heavy atom. The summed E-state index contributed by atoms with van der Waals surface area (Å²) >= 11 is 0. The summed E-state index contributed by atoms with van der Waals surface area (Å²) in [5, 5.41) is 7.36. The van der Waals surface area contributed by atoms with Crippen LogP contribution in [0.5, 0.6) is 0 Å². The number of halogens is 2. The van der Waals surface area contributed by atoms with Gasteiger partial charge in [-0.3, -0.25) is 9.89 Å². The molecule has 3 rings (SSSR count). The molecule has 27 heavy (non-hydrogen) atoms. The lowest BCUT2D eigenvalue weighted by molar-refractivity contribution is 0.169. The van der Waals surface area contributed by atoms with Gasteiger partial charge in [-0.2, -0.15) is 0 Å². The fourth-order valence-electron chi connectivity index (χ4n) is 3.03. The van der Waals surface area contributed by atoms with E-state index in [-0.39, 0.29) is 29.8 Å². The van der Waals surface area contributed by atoms with Crippen molar-refractivity contribution in [3.63, 3.8) is 0 Å². The Hall–Kier alpha value is -1.68. The summed E-state index contributed by atoms with van der Waals surface area (Å²) in [5.74, 6) is 0.754. The molecule has 0 saturated carbocycles. The molecule has 2 heterocycles. The van der Waals surface area contributed by atoms with Gasteiger partial charge in [-0.25, -0.2) is 4.39 Å². The summed E-state index contributed by atoms with van der Waals surface area (Å²) in [6.07, 6.45) is 2.42. The average Bonchev–Trinajstić information content (AvgIpc) is 3.16. The van der Waals surface area contributed by atoms with Crippen LogP contribution in [0.2, 0.25) is 0 Å². The second-order valence-electron chi connectivity index (χ2n) is 6.37. The monoisotopic (exact) mass is 487 g/mol. The van der Waals surface area contributed by atoms with E-state index in [2.05, 4.69) is 27.2 Å². The van der Waals surface area contributed by atoms with E-state index < -0.39 is 0 Å². The molecular formula is C19H27FIN5O. The van der Waals surface area contributed by atoms with Crippen molar-refractivity contribution in [2.24, 2.45) is 4.99 Å². The number of benzene rings is 1. The molecule has 1 N–H and O–H groups in total. The van der Waals surface area contributed by atoms with Crippen molar-refractivity contribution in [1.29, 1.82) is 0 Å². The number of nitrogens with one attached hydrogen (secondary N) is 1.